The molecule has 1 aliphatic carbocycles. The maximum absolute atomic E-state index is 12.8. The first-order valence-corrected chi connectivity index (χ1v) is 11.6. The van der Waals surface area contributed by atoms with Gasteiger partial charge in [0.1, 0.15) is 0 Å². The number of halogens is 1. The van der Waals surface area contributed by atoms with Crippen LogP contribution in [0.25, 0.3) is 0 Å². The molecule has 2 atom stereocenters. The summed E-state index contributed by atoms with van der Waals surface area (Å²) in [6.45, 7) is 1.52. The number of allylic oxidation sites excluding steroid dienone is 2. The largest absolute Gasteiger partial charge is 0.452 e. The second-order valence-electron chi connectivity index (χ2n) is 8.00. The Bertz CT molecular complexity index is 1130. The van der Waals surface area contributed by atoms with Crippen LogP contribution in [0, 0.1) is 11.8 Å². The first-order chi connectivity index (χ1) is 15.9. The zero-order valence-corrected chi connectivity index (χ0v) is 19.6. The van der Waals surface area contributed by atoms with E-state index in [1.165, 1.54) is 12.1 Å². The normalized spacial score (nSPS) is 19.4. The number of ether oxygens (including phenoxy) is 1. The molecule has 0 aromatic heterocycles. The molecule has 3 amide bonds. The van der Waals surface area contributed by atoms with Crippen molar-refractivity contribution in [1.29, 1.82) is 0 Å². The van der Waals surface area contributed by atoms with Crippen molar-refractivity contribution in [1.82, 2.24) is 0 Å². The van der Waals surface area contributed by atoms with Crippen LogP contribution in [0.3, 0.4) is 0 Å². The number of anilines is 2. The molecule has 2 aromatic carbocycles. The zero-order chi connectivity index (χ0) is 23.5. The van der Waals surface area contributed by atoms with E-state index in [1.807, 2.05) is 31.2 Å². The molecule has 1 heterocycles. The maximum Gasteiger partial charge on any atom is 0.338 e. The van der Waals surface area contributed by atoms with Gasteiger partial charge in [-0.15, -0.1) is 0 Å². The number of carbonyl (C=O) groups is 4. The second kappa shape index (κ2) is 9.70. The Hall–Kier alpha value is -3.26. The number of carbonyl (C=O) groups excluding carboxylic acids is 4. The minimum absolute atomic E-state index is 0.159. The van der Waals surface area contributed by atoms with Crippen LogP contribution >= 0.6 is 15.9 Å². The van der Waals surface area contributed by atoms with Crippen LogP contribution in [0.4, 0.5) is 11.4 Å². The molecule has 1 fully saturated rings. The molecule has 8 heteroatoms. The number of nitrogens with one attached hydrogen (secondary N) is 1. The van der Waals surface area contributed by atoms with Crippen LogP contribution in [0.15, 0.2) is 59.1 Å². The van der Waals surface area contributed by atoms with Crippen molar-refractivity contribution >= 4 is 51.0 Å². The van der Waals surface area contributed by atoms with Gasteiger partial charge in [0, 0.05) is 10.2 Å². The van der Waals surface area contributed by atoms with E-state index in [0.29, 0.717) is 24.2 Å². The SMILES string of the molecule is CCc1cc(Br)ccc1NC(=O)COC(=O)c1cccc(N2C(=O)[C@H]3CC=CC[C@@H]3C2=O)c1. The lowest BCUT2D eigenvalue weighted by Crippen LogP contribution is -2.31. The average Bonchev–Trinajstić information content (AvgIpc) is 3.08. The highest BCUT2D eigenvalue weighted by Gasteiger charge is 2.47. The van der Waals surface area contributed by atoms with E-state index in [1.54, 1.807) is 18.2 Å². The fraction of sp³-hybridized carbons (Fsp3) is 0.280. The first kappa shape index (κ1) is 22.9. The topological polar surface area (TPSA) is 92.8 Å². The van der Waals surface area contributed by atoms with Crippen molar-refractivity contribution in [2.75, 3.05) is 16.8 Å². The summed E-state index contributed by atoms with van der Waals surface area (Å²) in [6.07, 6.45) is 5.66. The number of imide groups is 1. The Morgan fingerprint density at radius 1 is 1.06 bits per heavy atom. The van der Waals surface area contributed by atoms with Crippen molar-refractivity contribution in [3.8, 4) is 0 Å². The Kier molecular flexibility index (Phi) is 6.74. The fourth-order valence-corrected chi connectivity index (χ4v) is 4.61. The Labute approximate surface area is 199 Å². The predicted molar refractivity (Wildman–Crippen MR) is 127 cm³/mol. The van der Waals surface area contributed by atoms with E-state index in [-0.39, 0.29) is 29.2 Å². The highest BCUT2D eigenvalue weighted by atomic mass is 79.9. The van der Waals surface area contributed by atoms with Crippen LogP contribution in [-0.4, -0.2) is 30.3 Å². The molecule has 1 saturated heterocycles. The lowest BCUT2D eigenvalue weighted by atomic mass is 9.85. The number of hydrogen-bond donors (Lipinski definition) is 1. The van der Waals surface area contributed by atoms with Gasteiger partial charge in [0.05, 0.1) is 23.1 Å². The minimum atomic E-state index is -0.711. The van der Waals surface area contributed by atoms with E-state index in [9.17, 15) is 19.2 Å². The highest BCUT2D eigenvalue weighted by molar-refractivity contribution is 9.10. The van der Waals surface area contributed by atoms with E-state index < -0.39 is 18.5 Å². The van der Waals surface area contributed by atoms with Crippen LogP contribution in [-0.2, 0) is 25.5 Å². The first-order valence-electron chi connectivity index (χ1n) is 10.8. The number of amides is 3. The second-order valence-corrected chi connectivity index (χ2v) is 8.91. The number of benzene rings is 2. The quantitative estimate of drug-likeness (QED) is 0.356. The lowest BCUT2D eigenvalue weighted by molar-refractivity contribution is -0.122. The molecular weight excluding hydrogens is 488 g/mol. The average molecular weight is 511 g/mol. The van der Waals surface area contributed by atoms with Gasteiger partial charge in [-0.05, 0) is 61.2 Å². The van der Waals surface area contributed by atoms with Gasteiger partial charge in [0.15, 0.2) is 6.61 Å². The van der Waals surface area contributed by atoms with E-state index in [4.69, 9.17) is 4.74 Å². The van der Waals surface area contributed by atoms with Gasteiger partial charge in [-0.3, -0.25) is 19.3 Å². The molecule has 170 valence electrons. The molecule has 1 N–H and O–H groups in total. The summed E-state index contributed by atoms with van der Waals surface area (Å²) in [5.74, 6) is -2.38. The van der Waals surface area contributed by atoms with Crippen molar-refractivity contribution in [3.63, 3.8) is 0 Å². The van der Waals surface area contributed by atoms with E-state index in [2.05, 4.69) is 21.2 Å². The summed E-state index contributed by atoms with van der Waals surface area (Å²) < 4.78 is 6.08. The Morgan fingerprint density at radius 3 is 2.42 bits per heavy atom. The molecular formula is C25H23BrN2O5. The highest BCUT2D eigenvalue weighted by Crippen LogP contribution is 2.37. The fourth-order valence-electron chi connectivity index (χ4n) is 4.20. The third kappa shape index (κ3) is 4.75. The molecule has 0 bridgehead atoms. The van der Waals surface area contributed by atoms with Crippen LogP contribution in [0.1, 0.15) is 35.7 Å². The zero-order valence-electron chi connectivity index (χ0n) is 18.0. The maximum atomic E-state index is 12.8. The summed E-state index contributed by atoms with van der Waals surface area (Å²) in [4.78, 5) is 51.6. The third-order valence-electron chi connectivity index (χ3n) is 5.90. The number of nitrogens with zero attached hydrogens (tertiary/aromatic N) is 1. The van der Waals surface area contributed by atoms with Crippen molar-refractivity contribution in [2.45, 2.75) is 26.2 Å². The summed E-state index contributed by atoms with van der Waals surface area (Å²) in [7, 11) is 0. The van der Waals surface area contributed by atoms with E-state index in [0.717, 1.165) is 21.4 Å². The predicted octanol–water partition coefficient (Wildman–Crippen LogP) is 4.26. The monoisotopic (exact) mass is 510 g/mol. The van der Waals surface area contributed by atoms with Gasteiger partial charge < -0.3 is 10.1 Å². The molecule has 7 nitrogen and oxygen atoms in total. The number of aryl methyl sites for hydroxylation is 1. The molecule has 2 aliphatic rings. The summed E-state index contributed by atoms with van der Waals surface area (Å²) in [6, 6.07) is 11.7. The minimum Gasteiger partial charge on any atom is -0.452 e. The Morgan fingerprint density at radius 2 is 1.76 bits per heavy atom. The molecule has 0 saturated carbocycles. The van der Waals surface area contributed by atoms with Gasteiger partial charge in [-0.1, -0.05) is 41.1 Å². The Balaban J connectivity index is 1.41. The van der Waals surface area contributed by atoms with Crippen molar-refractivity contribution < 1.29 is 23.9 Å². The van der Waals surface area contributed by atoms with Gasteiger partial charge in [-0.2, -0.15) is 0 Å². The van der Waals surface area contributed by atoms with Gasteiger partial charge in [0.2, 0.25) is 11.8 Å². The number of rotatable bonds is 6. The van der Waals surface area contributed by atoms with Crippen molar-refractivity contribution in [3.05, 3.63) is 70.2 Å². The standard InChI is InChI=1S/C25H23BrN2O5/c1-2-15-12-17(26)10-11-21(15)27-22(29)14-33-25(32)16-6-5-7-18(13-16)28-23(30)19-8-3-4-9-20(19)24(28)31/h3-7,10-13,19-20H,2,8-9,14H2,1H3,(H,27,29)/t19-,20-/m0/s1. The molecule has 0 unspecified atom stereocenters. The number of esters is 1. The van der Waals surface area contributed by atoms with Gasteiger partial charge in [0.25, 0.3) is 5.91 Å². The lowest BCUT2D eigenvalue weighted by Gasteiger charge is -2.15. The van der Waals surface area contributed by atoms with E-state index >= 15 is 0 Å². The molecule has 33 heavy (non-hydrogen) atoms. The summed E-state index contributed by atoms with van der Waals surface area (Å²) in [5, 5.41) is 2.75. The van der Waals surface area contributed by atoms with Gasteiger partial charge >= 0.3 is 5.97 Å². The molecule has 0 spiro atoms. The number of hydrogen-bond acceptors (Lipinski definition) is 5. The molecule has 2 aromatic rings. The van der Waals surface area contributed by atoms with Crippen LogP contribution < -0.4 is 10.2 Å². The summed E-state index contributed by atoms with van der Waals surface area (Å²) >= 11 is 3.40. The molecule has 0 radical (unpaired) electrons. The molecule has 4 rings (SSSR count). The summed E-state index contributed by atoms with van der Waals surface area (Å²) in [5.41, 5.74) is 2.10. The van der Waals surface area contributed by atoms with Crippen molar-refractivity contribution in [2.24, 2.45) is 11.8 Å². The van der Waals surface area contributed by atoms with Gasteiger partial charge in [-0.25, -0.2) is 4.79 Å². The smallest absolute Gasteiger partial charge is 0.338 e. The van der Waals surface area contributed by atoms with Crippen LogP contribution in [0.5, 0.6) is 0 Å². The third-order valence-corrected chi connectivity index (χ3v) is 6.40. The molecule has 1 aliphatic heterocycles. The number of fused-ring (bicyclic) bond motifs is 1. The van der Waals surface area contributed by atoms with Crippen LogP contribution in [0.2, 0.25) is 0 Å².